The molecule has 0 spiro atoms. The van der Waals surface area contributed by atoms with E-state index < -0.39 is 6.10 Å². The van der Waals surface area contributed by atoms with Gasteiger partial charge < -0.3 is 14.2 Å². The van der Waals surface area contributed by atoms with Crippen molar-refractivity contribution in [3.63, 3.8) is 0 Å². The van der Waals surface area contributed by atoms with Gasteiger partial charge >= 0.3 is 5.97 Å². The first-order valence-electron chi connectivity index (χ1n) is 5.86. The maximum absolute atomic E-state index is 11.6. The summed E-state index contributed by atoms with van der Waals surface area (Å²) in [4.78, 5) is 11.6. The highest BCUT2D eigenvalue weighted by Crippen LogP contribution is 2.11. The fourth-order valence-corrected chi connectivity index (χ4v) is 1.89. The summed E-state index contributed by atoms with van der Waals surface area (Å²) in [6.07, 6.45) is 0.0537. The average molecular weight is 271 g/mol. The number of carbonyl (C=O) groups excluding carboxylic acids is 1. The minimum absolute atomic E-state index is 0.274. The molecule has 5 heteroatoms. The molecule has 1 aliphatic heterocycles. The molecule has 18 heavy (non-hydrogen) atoms. The van der Waals surface area contributed by atoms with Crippen LogP contribution in [-0.4, -0.2) is 38.5 Å². The number of ether oxygens (including phenoxy) is 3. The lowest BCUT2D eigenvalue weighted by Gasteiger charge is -2.21. The van der Waals surface area contributed by atoms with Crippen LogP contribution in [0.15, 0.2) is 24.3 Å². The van der Waals surface area contributed by atoms with Crippen LogP contribution in [-0.2, 0) is 25.4 Å². The van der Waals surface area contributed by atoms with E-state index in [-0.39, 0.29) is 12.6 Å². The molecule has 1 aromatic carbocycles. The second kappa shape index (κ2) is 6.73. The predicted molar refractivity (Wildman–Crippen MR) is 66.7 cm³/mol. The molecule has 0 N–H and O–H groups in total. The van der Waals surface area contributed by atoms with Gasteiger partial charge in [-0.3, -0.25) is 0 Å². The second-order valence-electron chi connectivity index (χ2n) is 3.98. The Hall–Kier alpha value is -1.10. The molecular weight excluding hydrogens is 256 g/mol. The van der Waals surface area contributed by atoms with Crippen molar-refractivity contribution in [1.29, 1.82) is 0 Å². The Kier molecular flexibility index (Phi) is 4.99. The topological polar surface area (TPSA) is 44.8 Å². The highest BCUT2D eigenvalue weighted by atomic mass is 35.5. The smallest absolute Gasteiger partial charge is 0.337 e. The minimum atomic E-state index is -0.585. The van der Waals surface area contributed by atoms with Crippen LogP contribution >= 0.6 is 11.6 Å². The summed E-state index contributed by atoms with van der Waals surface area (Å²) in [6, 6.07) is 7.48. The largest absolute Gasteiger partial charge is 0.463 e. The van der Waals surface area contributed by atoms with Gasteiger partial charge in [0.15, 0.2) is 6.10 Å². The summed E-state index contributed by atoms with van der Waals surface area (Å²) in [5, 5.41) is 0.683. The van der Waals surface area contributed by atoms with Crippen molar-refractivity contribution in [2.24, 2.45) is 0 Å². The molecule has 0 saturated carbocycles. The zero-order valence-electron chi connectivity index (χ0n) is 9.93. The molecule has 1 aromatic rings. The maximum Gasteiger partial charge on any atom is 0.337 e. The van der Waals surface area contributed by atoms with E-state index in [1.54, 1.807) is 0 Å². The van der Waals surface area contributed by atoms with Gasteiger partial charge in [0.25, 0.3) is 0 Å². The average Bonchev–Trinajstić information content (AvgIpc) is 2.40. The van der Waals surface area contributed by atoms with E-state index in [2.05, 4.69) is 0 Å². The Labute approximate surface area is 111 Å². The Balaban J connectivity index is 1.73. The molecule has 0 bridgehead atoms. The molecule has 1 fully saturated rings. The van der Waals surface area contributed by atoms with Gasteiger partial charge in [0.1, 0.15) is 0 Å². The number of esters is 1. The first kappa shape index (κ1) is 13.3. The number of hydrogen-bond donors (Lipinski definition) is 0. The third kappa shape index (κ3) is 3.98. The molecule has 1 saturated heterocycles. The lowest BCUT2D eigenvalue weighted by Crippen LogP contribution is -2.36. The van der Waals surface area contributed by atoms with E-state index in [1.165, 1.54) is 0 Å². The van der Waals surface area contributed by atoms with Gasteiger partial charge in [0.2, 0.25) is 0 Å². The first-order chi connectivity index (χ1) is 8.75. The number of carbonyl (C=O) groups is 1. The standard InChI is InChI=1S/C13H15ClO4/c14-11-3-1-2-10(8-11)4-5-18-13(15)12-9-16-6-7-17-12/h1-3,8,12H,4-7,9H2. The van der Waals surface area contributed by atoms with E-state index >= 15 is 0 Å². The lowest BCUT2D eigenvalue weighted by molar-refractivity contribution is -0.170. The van der Waals surface area contributed by atoms with Crippen LogP contribution in [0.3, 0.4) is 0 Å². The number of rotatable bonds is 4. The molecule has 0 aromatic heterocycles. The van der Waals surface area contributed by atoms with Crippen LogP contribution in [0.25, 0.3) is 0 Å². The summed E-state index contributed by atoms with van der Waals surface area (Å²) in [5.74, 6) is -0.364. The van der Waals surface area contributed by atoms with Crippen LogP contribution in [0.2, 0.25) is 5.02 Å². The van der Waals surface area contributed by atoms with Crippen molar-refractivity contribution in [2.45, 2.75) is 12.5 Å². The molecule has 4 nitrogen and oxygen atoms in total. The van der Waals surface area contributed by atoms with E-state index in [4.69, 9.17) is 25.8 Å². The van der Waals surface area contributed by atoms with Crippen LogP contribution in [0.4, 0.5) is 0 Å². The monoisotopic (exact) mass is 270 g/mol. The molecule has 0 aliphatic carbocycles. The van der Waals surface area contributed by atoms with Crippen molar-refractivity contribution in [3.05, 3.63) is 34.9 Å². The maximum atomic E-state index is 11.6. The van der Waals surface area contributed by atoms with Gasteiger partial charge in [-0.05, 0) is 17.7 Å². The molecule has 0 amide bonds. The Morgan fingerprint density at radius 3 is 3.06 bits per heavy atom. The van der Waals surface area contributed by atoms with Gasteiger partial charge in [-0.2, -0.15) is 0 Å². The zero-order valence-corrected chi connectivity index (χ0v) is 10.7. The molecular formula is C13H15ClO4. The normalized spacial score (nSPS) is 19.5. The fourth-order valence-electron chi connectivity index (χ4n) is 1.68. The van der Waals surface area contributed by atoms with Crippen LogP contribution < -0.4 is 0 Å². The van der Waals surface area contributed by atoms with Gasteiger partial charge in [0, 0.05) is 11.4 Å². The third-order valence-electron chi connectivity index (χ3n) is 2.60. The molecule has 0 radical (unpaired) electrons. The van der Waals surface area contributed by atoms with Gasteiger partial charge in [-0.25, -0.2) is 4.79 Å². The minimum Gasteiger partial charge on any atom is -0.463 e. The predicted octanol–water partition coefficient (Wildman–Crippen LogP) is 1.84. The molecule has 1 aliphatic rings. The molecule has 1 heterocycles. The van der Waals surface area contributed by atoms with Crippen LogP contribution in [0.1, 0.15) is 5.56 Å². The molecule has 2 rings (SSSR count). The highest BCUT2D eigenvalue weighted by molar-refractivity contribution is 6.30. The fraction of sp³-hybridized carbons (Fsp3) is 0.462. The van der Waals surface area contributed by atoms with E-state index in [0.29, 0.717) is 31.3 Å². The number of benzene rings is 1. The Morgan fingerprint density at radius 2 is 2.33 bits per heavy atom. The summed E-state index contributed by atoms with van der Waals surface area (Å²) in [6.45, 7) is 1.56. The van der Waals surface area contributed by atoms with E-state index in [0.717, 1.165) is 5.56 Å². The quantitative estimate of drug-likeness (QED) is 0.783. The molecule has 1 atom stereocenters. The van der Waals surface area contributed by atoms with Crippen LogP contribution in [0.5, 0.6) is 0 Å². The van der Waals surface area contributed by atoms with Gasteiger partial charge in [-0.15, -0.1) is 0 Å². The van der Waals surface area contributed by atoms with Crippen molar-refractivity contribution in [3.8, 4) is 0 Å². The lowest BCUT2D eigenvalue weighted by atomic mass is 10.2. The molecule has 1 unspecified atom stereocenters. The van der Waals surface area contributed by atoms with Crippen molar-refractivity contribution in [2.75, 3.05) is 26.4 Å². The number of hydrogen-bond acceptors (Lipinski definition) is 4. The first-order valence-corrected chi connectivity index (χ1v) is 6.24. The Bertz CT molecular complexity index is 402. The number of halogens is 1. The SMILES string of the molecule is O=C(OCCc1cccc(Cl)c1)C1COCCO1. The van der Waals surface area contributed by atoms with Crippen molar-refractivity contribution < 1.29 is 19.0 Å². The highest BCUT2D eigenvalue weighted by Gasteiger charge is 2.23. The van der Waals surface area contributed by atoms with E-state index in [9.17, 15) is 4.79 Å². The summed E-state index contributed by atoms with van der Waals surface area (Å²) < 4.78 is 15.5. The van der Waals surface area contributed by atoms with Crippen molar-refractivity contribution in [1.82, 2.24) is 0 Å². The zero-order chi connectivity index (χ0) is 12.8. The second-order valence-corrected chi connectivity index (χ2v) is 4.42. The third-order valence-corrected chi connectivity index (χ3v) is 2.84. The summed E-state index contributed by atoms with van der Waals surface area (Å²) >= 11 is 5.86. The summed E-state index contributed by atoms with van der Waals surface area (Å²) in [7, 11) is 0. The Morgan fingerprint density at radius 1 is 1.44 bits per heavy atom. The van der Waals surface area contributed by atoms with Gasteiger partial charge in [0.05, 0.1) is 26.4 Å². The molecule has 98 valence electrons. The van der Waals surface area contributed by atoms with Crippen molar-refractivity contribution >= 4 is 17.6 Å². The van der Waals surface area contributed by atoms with Crippen LogP contribution in [0, 0.1) is 0 Å². The summed E-state index contributed by atoms with van der Waals surface area (Å²) in [5.41, 5.74) is 1.04. The van der Waals surface area contributed by atoms with Gasteiger partial charge in [-0.1, -0.05) is 23.7 Å². The van der Waals surface area contributed by atoms with E-state index in [1.807, 2.05) is 24.3 Å².